The molecule has 0 radical (unpaired) electrons. The molecule has 1 aliphatic heterocycles. The van der Waals surface area contributed by atoms with Crippen molar-refractivity contribution in [3.8, 4) is 0 Å². The quantitative estimate of drug-likeness (QED) is 0.785. The predicted molar refractivity (Wildman–Crippen MR) is 68.4 cm³/mol. The normalized spacial score (nSPS) is 22.9. The fourth-order valence-corrected chi connectivity index (χ4v) is 4.12. The molecule has 0 spiro atoms. The molecule has 0 aromatic heterocycles. The van der Waals surface area contributed by atoms with Gasteiger partial charge in [-0.1, -0.05) is 22.9 Å². The maximum absolute atomic E-state index is 12.0. The van der Waals surface area contributed by atoms with Gasteiger partial charge in [0.2, 0.25) is 10.0 Å². The summed E-state index contributed by atoms with van der Waals surface area (Å²) in [5.74, 6) is 0. The average Bonchev–Trinajstić information content (AvgIpc) is 2.16. The van der Waals surface area contributed by atoms with Crippen molar-refractivity contribution in [2.24, 2.45) is 0 Å². The highest BCUT2D eigenvalue weighted by Gasteiger charge is 2.28. The third-order valence-electron chi connectivity index (χ3n) is 2.65. The molecule has 1 rings (SSSR count). The van der Waals surface area contributed by atoms with Gasteiger partial charge in [0.05, 0.1) is 5.25 Å². The summed E-state index contributed by atoms with van der Waals surface area (Å²) in [7, 11) is -3.18. The second kappa shape index (κ2) is 6.33. The first-order valence-corrected chi connectivity index (χ1v) is 8.11. The topological polar surface area (TPSA) is 55.4 Å². The van der Waals surface area contributed by atoms with Crippen molar-refractivity contribution < 1.29 is 13.2 Å². The van der Waals surface area contributed by atoms with Gasteiger partial charge in [0.15, 0.2) is 0 Å². The van der Waals surface area contributed by atoms with Crippen LogP contribution in [0, 0.1) is 0 Å². The van der Waals surface area contributed by atoms with E-state index in [2.05, 4.69) is 20.7 Å². The lowest BCUT2D eigenvalue weighted by Gasteiger charge is -2.24. The van der Waals surface area contributed by atoms with Crippen LogP contribution >= 0.6 is 15.9 Å². The Kier molecular flexibility index (Phi) is 5.70. The van der Waals surface area contributed by atoms with E-state index in [-0.39, 0.29) is 11.3 Å². The van der Waals surface area contributed by atoms with Crippen LogP contribution in [0.1, 0.15) is 33.1 Å². The Bertz CT molecular complexity index is 299. The summed E-state index contributed by atoms with van der Waals surface area (Å²) in [5.41, 5.74) is 0. The van der Waals surface area contributed by atoms with E-state index in [0.29, 0.717) is 30.9 Å². The molecule has 1 aliphatic rings. The molecular formula is C10H20BrNO3S. The number of alkyl halides is 1. The van der Waals surface area contributed by atoms with E-state index in [1.54, 1.807) is 0 Å². The first-order valence-electron chi connectivity index (χ1n) is 5.65. The zero-order chi connectivity index (χ0) is 12.2. The Morgan fingerprint density at radius 2 is 1.94 bits per heavy atom. The first-order chi connectivity index (χ1) is 7.42. The number of hydrogen-bond donors (Lipinski definition) is 1. The molecule has 0 amide bonds. The molecular weight excluding hydrogens is 294 g/mol. The van der Waals surface area contributed by atoms with Gasteiger partial charge in [-0.05, 0) is 26.2 Å². The lowest BCUT2D eigenvalue weighted by molar-refractivity contribution is 0.0981. The van der Waals surface area contributed by atoms with E-state index in [1.165, 1.54) is 0 Å². The van der Waals surface area contributed by atoms with Gasteiger partial charge in [-0.2, -0.15) is 0 Å². The molecule has 1 heterocycles. The van der Waals surface area contributed by atoms with E-state index < -0.39 is 10.0 Å². The molecule has 2 atom stereocenters. The number of sulfonamides is 1. The molecule has 1 fully saturated rings. The number of ether oxygens (including phenoxy) is 1. The van der Waals surface area contributed by atoms with Gasteiger partial charge in [-0.15, -0.1) is 0 Å². The highest BCUT2D eigenvalue weighted by atomic mass is 79.9. The summed E-state index contributed by atoms with van der Waals surface area (Å²) in [4.78, 5) is 0.319. The minimum absolute atomic E-state index is 0.0257. The Morgan fingerprint density at radius 3 is 2.44 bits per heavy atom. The lowest BCUT2D eigenvalue weighted by atomic mass is 10.2. The van der Waals surface area contributed by atoms with Crippen molar-refractivity contribution in [3.63, 3.8) is 0 Å². The molecule has 4 nitrogen and oxygen atoms in total. The van der Waals surface area contributed by atoms with Crippen LogP contribution < -0.4 is 4.72 Å². The number of rotatable bonds is 5. The minimum Gasteiger partial charge on any atom is -0.381 e. The minimum atomic E-state index is -3.18. The fraction of sp³-hybridized carbons (Fsp3) is 1.00. The number of halogens is 1. The summed E-state index contributed by atoms with van der Waals surface area (Å²) < 4.78 is 31.9. The molecule has 0 aromatic carbocycles. The summed E-state index contributed by atoms with van der Waals surface area (Å²) in [5, 5.41) is -0.283. The smallest absolute Gasteiger partial charge is 0.214 e. The van der Waals surface area contributed by atoms with Crippen molar-refractivity contribution in [1.82, 2.24) is 4.72 Å². The second-order valence-corrected chi connectivity index (χ2v) is 7.95. The van der Waals surface area contributed by atoms with Crippen LogP contribution in [0.15, 0.2) is 0 Å². The molecule has 1 N–H and O–H groups in total. The van der Waals surface area contributed by atoms with Crippen molar-refractivity contribution in [1.29, 1.82) is 0 Å². The van der Waals surface area contributed by atoms with Gasteiger partial charge in [0.1, 0.15) is 0 Å². The molecule has 2 unspecified atom stereocenters. The lowest BCUT2D eigenvalue weighted by Crippen LogP contribution is -2.42. The molecule has 0 aliphatic carbocycles. The van der Waals surface area contributed by atoms with Gasteiger partial charge in [-0.3, -0.25) is 0 Å². The standard InChI is InChI=1S/C10H20BrNO3S/c1-8(11)7-9(2)12-16(13,14)10-3-5-15-6-4-10/h8-10,12H,3-7H2,1-2H3. The largest absolute Gasteiger partial charge is 0.381 e. The van der Waals surface area contributed by atoms with E-state index in [1.807, 2.05) is 13.8 Å². The van der Waals surface area contributed by atoms with Crippen LogP contribution in [-0.4, -0.2) is 37.8 Å². The first kappa shape index (κ1) is 14.4. The average molecular weight is 314 g/mol. The molecule has 0 aromatic rings. The Hall–Kier alpha value is 0.350. The van der Waals surface area contributed by atoms with Crippen LogP contribution in [0.4, 0.5) is 0 Å². The van der Waals surface area contributed by atoms with Crippen LogP contribution in [0.25, 0.3) is 0 Å². The highest BCUT2D eigenvalue weighted by Crippen LogP contribution is 2.16. The van der Waals surface area contributed by atoms with Crippen molar-refractivity contribution >= 4 is 26.0 Å². The molecule has 1 saturated heterocycles. The molecule has 0 saturated carbocycles. The molecule has 96 valence electrons. The zero-order valence-corrected chi connectivity index (χ0v) is 12.2. The summed E-state index contributed by atoms with van der Waals surface area (Å²) in [6.45, 7) is 5.01. The number of nitrogens with one attached hydrogen (secondary N) is 1. The maximum Gasteiger partial charge on any atom is 0.214 e. The highest BCUT2D eigenvalue weighted by molar-refractivity contribution is 9.09. The summed E-state index contributed by atoms with van der Waals surface area (Å²) in [6, 6.07) is -0.0257. The van der Waals surface area contributed by atoms with E-state index in [0.717, 1.165) is 6.42 Å². The van der Waals surface area contributed by atoms with E-state index in [4.69, 9.17) is 4.74 Å². The molecule has 0 bridgehead atoms. The third-order valence-corrected chi connectivity index (χ3v) is 5.10. The molecule has 16 heavy (non-hydrogen) atoms. The van der Waals surface area contributed by atoms with Gasteiger partial charge in [0.25, 0.3) is 0 Å². The predicted octanol–water partition coefficient (Wildman–Crippen LogP) is 1.65. The fourth-order valence-electron chi connectivity index (χ4n) is 1.90. The van der Waals surface area contributed by atoms with Crippen LogP contribution in [-0.2, 0) is 14.8 Å². The van der Waals surface area contributed by atoms with Crippen molar-refractivity contribution in [3.05, 3.63) is 0 Å². The SMILES string of the molecule is CC(Br)CC(C)NS(=O)(=O)C1CCOCC1. The monoisotopic (exact) mass is 313 g/mol. The zero-order valence-electron chi connectivity index (χ0n) is 9.78. The molecule has 6 heteroatoms. The summed E-state index contributed by atoms with van der Waals surface area (Å²) >= 11 is 3.42. The van der Waals surface area contributed by atoms with Gasteiger partial charge in [0, 0.05) is 24.1 Å². The van der Waals surface area contributed by atoms with Crippen molar-refractivity contribution in [2.75, 3.05) is 13.2 Å². The third kappa shape index (κ3) is 4.69. The van der Waals surface area contributed by atoms with Crippen molar-refractivity contribution in [2.45, 2.75) is 49.2 Å². The van der Waals surface area contributed by atoms with Crippen LogP contribution in [0.2, 0.25) is 0 Å². The van der Waals surface area contributed by atoms with Crippen LogP contribution in [0.3, 0.4) is 0 Å². The van der Waals surface area contributed by atoms with Gasteiger partial charge in [-0.25, -0.2) is 13.1 Å². The number of hydrogen-bond acceptors (Lipinski definition) is 3. The summed E-state index contributed by atoms with van der Waals surface area (Å²) in [6.07, 6.45) is 2.00. The van der Waals surface area contributed by atoms with Gasteiger partial charge >= 0.3 is 0 Å². The van der Waals surface area contributed by atoms with Crippen LogP contribution in [0.5, 0.6) is 0 Å². The Balaban J connectivity index is 2.49. The Labute approximate surface area is 106 Å². The second-order valence-electron chi connectivity index (χ2n) is 4.39. The maximum atomic E-state index is 12.0. The van der Waals surface area contributed by atoms with E-state index in [9.17, 15) is 8.42 Å². The Morgan fingerprint density at radius 1 is 1.38 bits per heavy atom. The van der Waals surface area contributed by atoms with E-state index >= 15 is 0 Å². The van der Waals surface area contributed by atoms with Gasteiger partial charge < -0.3 is 4.74 Å².